The van der Waals surface area contributed by atoms with Crippen molar-refractivity contribution in [2.75, 3.05) is 39.6 Å². The number of carbonyl (C=O) groups is 4. The molecule has 2 unspecified atom stereocenters. The molecule has 0 aromatic rings. The maximum absolute atomic E-state index is 13.0. The van der Waals surface area contributed by atoms with Crippen LogP contribution in [-0.2, 0) is 65.4 Å². The average molecular weight is 1270 g/mol. The van der Waals surface area contributed by atoms with Crippen LogP contribution in [0, 0.1) is 11.8 Å². The van der Waals surface area contributed by atoms with Crippen LogP contribution in [0.2, 0.25) is 0 Å². The summed E-state index contributed by atoms with van der Waals surface area (Å²) in [6.45, 7) is 9.48. The highest BCUT2D eigenvalue weighted by atomic mass is 31.2. The molecule has 0 bridgehead atoms. The fraction of sp³-hybridized carbons (Fsp3) is 0.940. The Morgan fingerprint density at radius 2 is 0.535 bits per heavy atom. The molecular weight excluding hydrogens is 1140 g/mol. The third kappa shape index (κ3) is 60.9. The Hall–Kier alpha value is -1.94. The van der Waals surface area contributed by atoms with Crippen LogP contribution in [0.15, 0.2) is 0 Å². The molecule has 0 aliphatic heterocycles. The van der Waals surface area contributed by atoms with Crippen molar-refractivity contribution in [3.63, 3.8) is 0 Å². The van der Waals surface area contributed by atoms with E-state index in [9.17, 15) is 43.2 Å². The maximum Gasteiger partial charge on any atom is 0.472 e. The van der Waals surface area contributed by atoms with Crippen LogP contribution in [0.1, 0.15) is 337 Å². The molecule has 0 saturated heterocycles. The second kappa shape index (κ2) is 59.4. The van der Waals surface area contributed by atoms with Gasteiger partial charge in [0.1, 0.15) is 19.3 Å². The molecule has 19 heteroatoms. The number of hydrogen-bond donors (Lipinski definition) is 3. The van der Waals surface area contributed by atoms with Crippen LogP contribution in [0.3, 0.4) is 0 Å². The molecule has 510 valence electrons. The molecule has 0 amide bonds. The molecule has 17 nitrogen and oxygen atoms in total. The summed E-state index contributed by atoms with van der Waals surface area (Å²) < 4.78 is 68.1. The van der Waals surface area contributed by atoms with Gasteiger partial charge in [-0.2, -0.15) is 0 Å². The average Bonchev–Trinajstić information content (AvgIpc) is 3.68. The van der Waals surface area contributed by atoms with Crippen LogP contribution in [0.4, 0.5) is 0 Å². The van der Waals surface area contributed by atoms with Crippen LogP contribution >= 0.6 is 15.6 Å². The first-order valence-corrected chi connectivity index (χ1v) is 38.0. The van der Waals surface area contributed by atoms with Gasteiger partial charge >= 0.3 is 39.5 Å². The molecule has 3 N–H and O–H groups in total. The van der Waals surface area contributed by atoms with Crippen molar-refractivity contribution >= 4 is 39.5 Å². The van der Waals surface area contributed by atoms with Crippen LogP contribution in [0.5, 0.6) is 0 Å². The number of ether oxygens (including phenoxy) is 4. The molecule has 0 saturated carbocycles. The Kier molecular flexibility index (Phi) is 58.0. The van der Waals surface area contributed by atoms with Crippen molar-refractivity contribution in [3.8, 4) is 0 Å². The van der Waals surface area contributed by atoms with Crippen molar-refractivity contribution in [3.05, 3.63) is 0 Å². The van der Waals surface area contributed by atoms with E-state index in [2.05, 4.69) is 41.5 Å². The predicted molar refractivity (Wildman–Crippen MR) is 345 cm³/mol. The van der Waals surface area contributed by atoms with E-state index in [0.717, 1.165) is 102 Å². The molecule has 0 aliphatic rings. The molecular formula is C67H130O17P2. The quantitative estimate of drug-likeness (QED) is 0.0222. The highest BCUT2D eigenvalue weighted by molar-refractivity contribution is 7.47. The van der Waals surface area contributed by atoms with E-state index in [-0.39, 0.29) is 25.7 Å². The molecule has 0 radical (unpaired) electrons. The molecule has 5 atom stereocenters. The van der Waals surface area contributed by atoms with Crippen LogP contribution in [-0.4, -0.2) is 96.7 Å². The van der Waals surface area contributed by atoms with Gasteiger partial charge in [-0.15, -0.1) is 0 Å². The fourth-order valence-electron chi connectivity index (χ4n) is 10.1. The summed E-state index contributed by atoms with van der Waals surface area (Å²) in [7, 11) is -9.89. The Bertz CT molecular complexity index is 1680. The van der Waals surface area contributed by atoms with Gasteiger partial charge in [0.15, 0.2) is 12.2 Å². The summed E-state index contributed by atoms with van der Waals surface area (Å²) in [5.41, 5.74) is 0. The third-order valence-corrected chi connectivity index (χ3v) is 17.4. The lowest BCUT2D eigenvalue weighted by Crippen LogP contribution is -2.30. The number of aliphatic hydroxyl groups excluding tert-OH is 1. The lowest BCUT2D eigenvalue weighted by Gasteiger charge is -2.21. The number of rotatable bonds is 66. The molecule has 0 aliphatic carbocycles. The molecule has 0 aromatic heterocycles. The minimum absolute atomic E-state index is 0.106. The monoisotopic (exact) mass is 1270 g/mol. The van der Waals surface area contributed by atoms with Gasteiger partial charge in [0.2, 0.25) is 0 Å². The Labute approximate surface area is 524 Å². The molecule has 0 aromatic carbocycles. The Morgan fingerprint density at radius 3 is 0.791 bits per heavy atom. The van der Waals surface area contributed by atoms with E-state index in [1.807, 2.05) is 0 Å². The topological polar surface area (TPSA) is 237 Å². The number of unbranched alkanes of at least 4 members (excludes halogenated alkanes) is 36. The summed E-state index contributed by atoms with van der Waals surface area (Å²) in [5, 5.41) is 10.6. The number of carbonyl (C=O) groups excluding carboxylic acids is 4. The van der Waals surface area contributed by atoms with E-state index >= 15 is 0 Å². The minimum Gasteiger partial charge on any atom is -0.462 e. The van der Waals surface area contributed by atoms with Crippen molar-refractivity contribution in [1.29, 1.82) is 0 Å². The van der Waals surface area contributed by atoms with Gasteiger partial charge in [0, 0.05) is 25.7 Å². The SMILES string of the molecule is CCCCCCCCCCCCC(=O)O[C@H](COC(=O)CCCCCCCCCCC)COP(=O)(O)OC[C@H](O)COP(=O)(O)OC[C@@H](COC(=O)CCCCCCCCCCC(C)C)OC(=O)CCCCCCCCCCCCCCCC(C)C. The van der Waals surface area contributed by atoms with Gasteiger partial charge in [0.05, 0.1) is 26.4 Å². The fourth-order valence-corrected chi connectivity index (χ4v) is 11.6. The zero-order valence-corrected chi connectivity index (χ0v) is 57.4. The number of esters is 4. The van der Waals surface area contributed by atoms with Gasteiger partial charge in [-0.1, -0.05) is 286 Å². The van der Waals surface area contributed by atoms with Gasteiger partial charge in [-0.3, -0.25) is 37.3 Å². The summed E-state index contributed by atoms with van der Waals surface area (Å²) in [5.74, 6) is -0.617. The first-order chi connectivity index (χ1) is 41.4. The number of phosphoric ester groups is 2. The van der Waals surface area contributed by atoms with Crippen molar-refractivity contribution in [1.82, 2.24) is 0 Å². The second-order valence-corrected chi connectivity index (χ2v) is 28.1. The van der Waals surface area contributed by atoms with Gasteiger partial charge in [-0.05, 0) is 37.5 Å². The summed E-state index contributed by atoms with van der Waals surface area (Å²) in [4.78, 5) is 72.3. The van der Waals surface area contributed by atoms with E-state index < -0.39 is 97.5 Å². The van der Waals surface area contributed by atoms with E-state index in [1.54, 1.807) is 0 Å². The van der Waals surface area contributed by atoms with E-state index in [1.165, 1.54) is 154 Å². The smallest absolute Gasteiger partial charge is 0.462 e. The molecule has 0 fully saturated rings. The Morgan fingerprint density at radius 1 is 0.314 bits per heavy atom. The Balaban J connectivity index is 5.22. The summed E-state index contributed by atoms with van der Waals surface area (Å²) >= 11 is 0. The third-order valence-electron chi connectivity index (χ3n) is 15.5. The number of aliphatic hydroxyl groups is 1. The minimum atomic E-state index is -4.95. The highest BCUT2D eigenvalue weighted by Gasteiger charge is 2.30. The van der Waals surface area contributed by atoms with Gasteiger partial charge < -0.3 is 33.8 Å². The van der Waals surface area contributed by atoms with Gasteiger partial charge in [0.25, 0.3) is 0 Å². The lowest BCUT2D eigenvalue weighted by atomic mass is 10.0. The van der Waals surface area contributed by atoms with Crippen LogP contribution < -0.4 is 0 Å². The van der Waals surface area contributed by atoms with Crippen molar-refractivity contribution < 1.29 is 80.2 Å². The zero-order valence-electron chi connectivity index (χ0n) is 55.6. The van der Waals surface area contributed by atoms with Gasteiger partial charge in [-0.25, -0.2) is 9.13 Å². The second-order valence-electron chi connectivity index (χ2n) is 25.2. The first-order valence-electron chi connectivity index (χ1n) is 35.0. The summed E-state index contributed by atoms with van der Waals surface area (Å²) in [6.07, 6.45) is 43.0. The molecule has 0 heterocycles. The first kappa shape index (κ1) is 84.1. The normalized spacial score (nSPS) is 14.2. The lowest BCUT2D eigenvalue weighted by molar-refractivity contribution is -0.161. The van der Waals surface area contributed by atoms with E-state index in [4.69, 9.17) is 37.0 Å². The standard InChI is InChI=1S/C67H130O17P2/c1-7-9-11-13-15-17-25-33-39-45-51-66(71)83-62(55-77-64(69)49-43-37-31-23-16-14-12-10-8-2)57-81-85(73,74)79-53-61(68)54-80-86(75,76)82-58-63(56-78-65(70)50-44-38-32-28-27-30-36-42-48-60(5)6)84-67(72)52-46-40-34-26-22-20-18-19-21-24-29-35-41-47-59(3)4/h59-63,68H,7-58H2,1-6H3,(H,73,74)(H,75,76)/t61-,62+,63+/m0/s1. The molecule has 0 rings (SSSR count). The zero-order chi connectivity index (χ0) is 63.6. The largest absolute Gasteiger partial charge is 0.472 e. The van der Waals surface area contributed by atoms with Crippen LogP contribution in [0.25, 0.3) is 0 Å². The van der Waals surface area contributed by atoms with Crippen molar-refractivity contribution in [2.24, 2.45) is 11.8 Å². The number of hydrogen-bond acceptors (Lipinski definition) is 15. The number of phosphoric acid groups is 2. The van der Waals surface area contributed by atoms with E-state index in [0.29, 0.717) is 25.7 Å². The molecule has 86 heavy (non-hydrogen) atoms. The highest BCUT2D eigenvalue weighted by Crippen LogP contribution is 2.45. The maximum atomic E-state index is 13.0. The summed E-state index contributed by atoms with van der Waals surface area (Å²) in [6, 6.07) is 0. The van der Waals surface area contributed by atoms with Crippen molar-refractivity contribution in [2.45, 2.75) is 355 Å². The predicted octanol–water partition coefficient (Wildman–Crippen LogP) is 18.8. The molecule has 0 spiro atoms.